The maximum Gasteiger partial charge on any atom is 0.155 e. The summed E-state index contributed by atoms with van der Waals surface area (Å²) in [5.74, 6) is 0.986. The van der Waals surface area contributed by atoms with Crippen molar-refractivity contribution < 1.29 is 8.42 Å². The first-order valence-electron chi connectivity index (χ1n) is 5.70. The second kappa shape index (κ2) is 5.26. The normalized spacial score (nSPS) is 16.2. The van der Waals surface area contributed by atoms with Crippen LogP contribution in [0.3, 0.4) is 0 Å². The molecule has 0 aliphatic carbocycles. The van der Waals surface area contributed by atoms with Gasteiger partial charge in [-0.2, -0.15) is 0 Å². The van der Waals surface area contributed by atoms with Gasteiger partial charge in [-0.1, -0.05) is 20.8 Å². The molecule has 98 valence electrons. The molecule has 0 aliphatic heterocycles. The quantitative estimate of drug-likeness (QED) is 0.732. The SMILES string of the molecule is CC(C)(C)C(CCl)CCS(=O)(=O)C(C)(C)C. The average molecular weight is 269 g/mol. The summed E-state index contributed by atoms with van der Waals surface area (Å²) in [6.45, 7) is 11.5. The van der Waals surface area contributed by atoms with Crippen molar-refractivity contribution >= 4 is 21.4 Å². The van der Waals surface area contributed by atoms with Crippen molar-refractivity contribution in [3.05, 3.63) is 0 Å². The Bertz CT molecular complexity index is 307. The van der Waals surface area contributed by atoms with Crippen LogP contribution in [0.1, 0.15) is 48.0 Å². The summed E-state index contributed by atoms with van der Waals surface area (Å²) >= 11 is 5.90. The molecule has 0 aromatic heterocycles. The molecule has 0 heterocycles. The van der Waals surface area contributed by atoms with Crippen molar-refractivity contribution in [3.63, 3.8) is 0 Å². The van der Waals surface area contributed by atoms with E-state index < -0.39 is 14.6 Å². The van der Waals surface area contributed by atoms with Crippen molar-refractivity contribution in [1.29, 1.82) is 0 Å². The second-order valence-electron chi connectivity index (χ2n) is 6.44. The van der Waals surface area contributed by atoms with Crippen LogP contribution in [0.15, 0.2) is 0 Å². The highest BCUT2D eigenvalue weighted by molar-refractivity contribution is 7.92. The molecule has 0 saturated carbocycles. The predicted molar refractivity (Wildman–Crippen MR) is 71.8 cm³/mol. The molecular weight excluding hydrogens is 244 g/mol. The minimum atomic E-state index is -3.02. The van der Waals surface area contributed by atoms with Gasteiger partial charge in [-0.15, -0.1) is 11.6 Å². The summed E-state index contributed by atoms with van der Waals surface area (Å²) in [6.07, 6.45) is 0.645. The van der Waals surface area contributed by atoms with E-state index in [1.54, 1.807) is 20.8 Å². The summed E-state index contributed by atoms with van der Waals surface area (Å²) in [6, 6.07) is 0. The molecule has 0 saturated heterocycles. The number of rotatable bonds is 4. The highest BCUT2D eigenvalue weighted by Crippen LogP contribution is 2.31. The average Bonchev–Trinajstić information content (AvgIpc) is 2.00. The molecule has 0 N–H and O–H groups in total. The highest BCUT2D eigenvalue weighted by atomic mass is 35.5. The van der Waals surface area contributed by atoms with Crippen molar-refractivity contribution in [3.8, 4) is 0 Å². The van der Waals surface area contributed by atoms with Crippen LogP contribution in [0, 0.1) is 11.3 Å². The van der Waals surface area contributed by atoms with E-state index in [2.05, 4.69) is 20.8 Å². The fourth-order valence-electron chi connectivity index (χ4n) is 1.35. The smallest absolute Gasteiger partial charge is 0.155 e. The topological polar surface area (TPSA) is 34.1 Å². The van der Waals surface area contributed by atoms with Crippen LogP contribution in [0.5, 0.6) is 0 Å². The van der Waals surface area contributed by atoms with E-state index in [0.29, 0.717) is 12.3 Å². The van der Waals surface area contributed by atoms with Gasteiger partial charge in [0.2, 0.25) is 0 Å². The third-order valence-electron chi connectivity index (χ3n) is 3.08. The largest absolute Gasteiger partial charge is 0.228 e. The predicted octanol–water partition coefficient (Wildman–Crippen LogP) is 3.49. The fourth-order valence-corrected chi connectivity index (χ4v) is 3.17. The van der Waals surface area contributed by atoms with E-state index in [0.717, 1.165) is 0 Å². The monoisotopic (exact) mass is 268 g/mol. The molecule has 0 fully saturated rings. The van der Waals surface area contributed by atoms with E-state index in [1.807, 2.05) is 0 Å². The molecule has 0 aromatic carbocycles. The van der Waals surface area contributed by atoms with Gasteiger partial charge >= 0.3 is 0 Å². The molecular formula is C12H25ClO2S. The Balaban J connectivity index is 4.58. The zero-order valence-corrected chi connectivity index (χ0v) is 12.9. The Labute approximate surface area is 106 Å². The Kier molecular flexibility index (Phi) is 5.34. The van der Waals surface area contributed by atoms with Gasteiger partial charge in [-0.25, -0.2) is 8.42 Å². The first-order valence-corrected chi connectivity index (χ1v) is 7.89. The van der Waals surface area contributed by atoms with Crippen LogP contribution in [-0.2, 0) is 9.84 Å². The van der Waals surface area contributed by atoms with Crippen LogP contribution in [-0.4, -0.2) is 24.8 Å². The molecule has 1 unspecified atom stereocenters. The van der Waals surface area contributed by atoms with Crippen LogP contribution >= 0.6 is 11.6 Å². The highest BCUT2D eigenvalue weighted by Gasteiger charge is 2.31. The zero-order chi connectivity index (χ0) is 13.2. The van der Waals surface area contributed by atoms with Crippen molar-refractivity contribution in [2.45, 2.75) is 52.7 Å². The molecule has 0 spiro atoms. The van der Waals surface area contributed by atoms with Gasteiger partial charge in [-0.3, -0.25) is 0 Å². The van der Waals surface area contributed by atoms with Gasteiger partial charge in [0.05, 0.1) is 10.5 Å². The summed E-state index contributed by atoms with van der Waals surface area (Å²) in [4.78, 5) is 0. The van der Waals surface area contributed by atoms with E-state index in [-0.39, 0.29) is 17.1 Å². The Morgan fingerprint density at radius 2 is 1.50 bits per heavy atom. The van der Waals surface area contributed by atoms with Gasteiger partial charge in [0, 0.05) is 5.88 Å². The van der Waals surface area contributed by atoms with Gasteiger partial charge in [0.25, 0.3) is 0 Å². The van der Waals surface area contributed by atoms with Crippen molar-refractivity contribution in [1.82, 2.24) is 0 Å². The van der Waals surface area contributed by atoms with Gasteiger partial charge < -0.3 is 0 Å². The van der Waals surface area contributed by atoms with Gasteiger partial charge in [0.15, 0.2) is 9.84 Å². The van der Waals surface area contributed by atoms with Crippen LogP contribution in [0.2, 0.25) is 0 Å². The summed E-state index contributed by atoms with van der Waals surface area (Å²) in [5, 5.41) is 0. The first-order chi connectivity index (χ1) is 6.92. The summed E-state index contributed by atoms with van der Waals surface area (Å²) < 4.78 is 23.2. The Morgan fingerprint density at radius 3 is 1.75 bits per heavy atom. The summed E-state index contributed by atoms with van der Waals surface area (Å²) in [7, 11) is -3.02. The maximum absolute atomic E-state index is 12.0. The Morgan fingerprint density at radius 1 is 1.06 bits per heavy atom. The number of halogens is 1. The van der Waals surface area contributed by atoms with Crippen molar-refractivity contribution in [2.24, 2.45) is 11.3 Å². The minimum absolute atomic E-state index is 0.0646. The Hall–Kier alpha value is 0.240. The molecule has 2 nitrogen and oxygen atoms in total. The first kappa shape index (κ1) is 16.2. The molecule has 0 aromatic rings. The number of sulfone groups is 1. The molecule has 1 atom stereocenters. The number of hydrogen-bond donors (Lipinski definition) is 0. The van der Waals surface area contributed by atoms with Gasteiger partial charge in [0.1, 0.15) is 0 Å². The standard InChI is InChI=1S/C12H25ClO2S/c1-11(2,3)10(9-13)7-8-16(14,15)12(4,5)6/h10H,7-9H2,1-6H3. The lowest BCUT2D eigenvalue weighted by atomic mass is 9.80. The third kappa shape index (κ3) is 4.62. The third-order valence-corrected chi connectivity index (χ3v) is 6.09. The lowest BCUT2D eigenvalue weighted by Gasteiger charge is -2.30. The molecule has 0 aliphatic rings. The van der Waals surface area contributed by atoms with Crippen LogP contribution in [0.4, 0.5) is 0 Å². The van der Waals surface area contributed by atoms with Crippen LogP contribution < -0.4 is 0 Å². The lowest BCUT2D eigenvalue weighted by Crippen LogP contribution is -2.33. The molecule has 0 amide bonds. The van der Waals surface area contributed by atoms with E-state index in [1.165, 1.54) is 0 Å². The maximum atomic E-state index is 12.0. The molecule has 16 heavy (non-hydrogen) atoms. The second-order valence-corrected chi connectivity index (χ2v) is 9.61. The zero-order valence-electron chi connectivity index (χ0n) is 11.3. The molecule has 4 heteroatoms. The van der Waals surface area contributed by atoms with E-state index in [9.17, 15) is 8.42 Å². The van der Waals surface area contributed by atoms with Gasteiger partial charge in [-0.05, 0) is 38.5 Å². The van der Waals surface area contributed by atoms with Crippen LogP contribution in [0.25, 0.3) is 0 Å². The molecule has 0 radical (unpaired) electrons. The van der Waals surface area contributed by atoms with E-state index in [4.69, 9.17) is 11.6 Å². The molecule has 0 bridgehead atoms. The number of alkyl halides is 1. The fraction of sp³-hybridized carbons (Fsp3) is 1.00. The van der Waals surface area contributed by atoms with E-state index >= 15 is 0 Å². The molecule has 0 rings (SSSR count). The van der Waals surface area contributed by atoms with Crippen molar-refractivity contribution in [2.75, 3.05) is 11.6 Å². The minimum Gasteiger partial charge on any atom is -0.228 e. The lowest BCUT2D eigenvalue weighted by molar-refractivity contribution is 0.258. The summed E-state index contributed by atoms with van der Waals surface area (Å²) in [5.41, 5.74) is 0.0646. The number of hydrogen-bond acceptors (Lipinski definition) is 2.